The first-order chi connectivity index (χ1) is 10.2. The molecule has 0 radical (unpaired) electrons. The third-order valence-electron chi connectivity index (χ3n) is 4.64. The lowest BCUT2D eigenvalue weighted by Crippen LogP contribution is -2.42. The summed E-state index contributed by atoms with van der Waals surface area (Å²) in [7, 11) is 1.71. The van der Waals surface area contributed by atoms with Crippen molar-refractivity contribution in [3.8, 4) is 5.75 Å². The van der Waals surface area contributed by atoms with Crippen molar-refractivity contribution in [2.75, 3.05) is 20.3 Å². The Morgan fingerprint density at radius 2 is 1.95 bits per heavy atom. The molecule has 1 aliphatic carbocycles. The van der Waals surface area contributed by atoms with E-state index < -0.39 is 0 Å². The van der Waals surface area contributed by atoms with Gasteiger partial charge < -0.3 is 19.5 Å². The maximum Gasteiger partial charge on any atom is 0.168 e. The van der Waals surface area contributed by atoms with E-state index in [1.54, 1.807) is 7.11 Å². The molecule has 1 unspecified atom stereocenters. The Bertz CT molecular complexity index is 461. The molecule has 2 fully saturated rings. The van der Waals surface area contributed by atoms with E-state index in [0.29, 0.717) is 12.1 Å². The van der Waals surface area contributed by atoms with Gasteiger partial charge in [0.05, 0.1) is 20.3 Å². The molecule has 1 N–H and O–H groups in total. The molecule has 1 atom stereocenters. The maximum atomic E-state index is 5.78. The summed E-state index contributed by atoms with van der Waals surface area (Å²) in [4.78, 5) is 0. The monoisotopic (exact) mass is 291 g/mol. The summed E-state index contributed by atoms with van der Waals surface area (Å²) >= 11 is 0. The van der Waals surface area contributed by atoms with Gasteiger partial charge in [-0.05, 0) is 37.5 Å². The van der Waals surface area contributed by atoms with Gasteiger partial charge in [-0.3, -0.25) is 0 Å². The summed E-state index contributed by atoms with van der Waals surface area (Å²) in [5.74, 6) is 0.647. The zero-order chi connectivity index (χ0) is 14.7. The predicted octanol–water partition coefficient (Wildman–Crippen LogP) is 3.03. The van der Waals surface area contributed by atoms with E-state index in [-0.39, 0.29) is 5.79 Å². The molecule has 0 aromatic heterocycles. The molecule has 4 nitrogen and oxygen atoms in total. The first-order valence-electron chi connectivity index (χ1n) is 7.89. The van der Waals surface area contributed by atoms with Crippen LogP contribution in [0, 0.1) is 0 Å². The number of hydrogen-bond donors (Lipinski definition) is 1. The number of rotatable bonds is 4. The summed E-state index contributed by atoms with van der Waals surface area (Å²) in [5.41, 5.74) is 1.27. The number of methoxy groups -OCH3 is 1. The van der Waals surface area contributed by atoms with Crippen LogP contribution in [0.25, 0.3) is 0 Å². The van der Waals surface area contributed by atoms with E-state index in [0.717, 1.165) is 44.6 Å². The molecule has 3 rings (SSSR count). The van der Waals surface area contributed by atoms with Gasteiger partial charge in [0, 0.05) is 24.9 Å². The molecule has 4 heteroatoms. The standard InChI is InChI=1S/C17H25NO3/c1-13(14-4-3-5-16(12-14)19-2)18-15-6-8-17(9-7-15)20-10-11-21-17/h3-5,12-13,15,18H,6-11H2,1-2H3. The highest BCUT2D eigenvalue weighted by molar-refractivity contribution is 5.30. The zero-order valence-electron chi connectivity index (χ0n) is 12.9. The lowest BCUT2D eigenvalue weighted by molar-refractivity contribution is -0.179. The maximum absolute atomic E-state index is 5.78. The Balaban J connectivity index is 1.54. The minimum Gasteiger partial charge on any atom is -0.497 e. The van der Waals surface area contributed by atoms with Gasteiger partial charge in [0.25, 0.3) is 0 Å². The number of ether oxygens (including phenoxy) is 3. The van der Waals surface area contributed by atoms with Gasteiger partial charge in [-0.25, -0.2) is 0 Å². The molecule has 0 amide bonds. The van der Waals surface area contributed by atoms with Crippen molar-refractivity contribution in [3.63, 3.8) is 0 Å². The highest BCUT2D eigenvalue weighted by atomic mass is 16.7. The van der Waals surface area contributed by atoms with Crippen LogP contribution in [0.5, 0.6) is 5.75 Å². The van der Waals surface area contributed by atoms with Crippen LogP contribution in [0.2, 0.25) is 0 Å². The normalized spacial score (nSPS) is 23.3. The van der Waals surface area contributed by atoms with E-state index in [2.05, 4.69) is 24.4 Å². The average Bonchev–Trinajstić information content (AvgIpc) is 2.98. The van der Waals surface area contributed by atoms with Crippen molar-refractivity contribution in [2.45, 2.75) is 50.5 Å². The summed E-state index contributed by atoms with van der Waals surface area (Å²) in [5, 5.41) is 3.73. The second-order valence-corrected chi connectivity index (χ2v) is 6.05. The van der Waals surface area contributed by atoms with Crippen molar-refractivity contribution in [1.82, 2.24) is 5.32 Å². The Kier molecular flexibility index (Phi) is 4.48. The number of benzene rings is 1. The fourth-order valence-corrected chi connectivity index (χ4v) is 3.37. The molecular weight excluding hydrogens is 266 g/mol. The number of hydrogen-bond acceptors (Lipinski definition) is 4. The average molecular weight is 291 g/mol. The predicted molar refractivity (Wildman–Crippen MR) is 81.4 cm³/mol. The van der Waals surface area contributed by atoms with Crippen molar-refractivity contribution >= 4 is 0 Å². The summed E-state index contributed by atoms with van der Waals surface area (Å²) in [6.45, 7) is 3.71. The van der Waals surface area contributed by atoms with Gasteiger partial charge >= 0.3 is 0 Å². The fourth-order valence-electron chi connectivity index (χ4n) is 3.37. The number of nitrogens with one attached hydrogen (secondary N) is 1. The minimum absolute atomic E-state index is 0.266. The van der Waals surface area contributed by atoms with Gasteiger partial charge in [0.1, 0.15) is 5.75 Å². The third-order valence-corrected chi connectivity index (χ3v) is 4.64. The molecule has 1 aliphatic heterocycles. The Hall–Kier alpha value is -1.10. The summed E-state index contributed by atoms with van der Waals surface area (Å²) < 4.78 is 16.9. The smallest absolute Gasteiger partial charge is 0.168 e. The molecule has 1 heterocycles. The van der Waals surface area contributed by atoms with Crippen molar-refractivity contribution < 1.29 is 14.2 Å². The van der Waals surface area contributed by atoms with Crippen LogP contribution in [0.4, 0.5) is 0 Å². The van der Waals surface area contributed by atoms with Crippen LogP contribution in [-0.2, 0) is 9.47 Å². The van der Waals surface area contributed by atoms with Crippen molar-refractivity contribution in [2.24, 2.45) is 0 Å². The first kappa shape index (κ1) is 14.8. The van der Waals surface area contributed by atoms with E-state index in [4.69, 9.17) is 14.2 Å². The Morgan fingerprint density at radius 1 is 1.24 bits per heavy atom. The van der Waals surface area contributed by atoms with E-state index in [1.807, 2.05) is 12.1 Å². The second kappa shape index (κ2) is 6.34. The van der Waals surface area contributed by atoms with Crippen LogP contribution < -0.4 is 10.1 Å². The van der Waals surface area contributed by atoms with Gasteiger partial charge in [0.2, 0.25) is 0 Å². The minimum atomic E-state index is -0.266. The van der Waals surface area contributed by atoms with Gasteiger partial charge in [-0.15, -0.1) is 0 Å². The molecule has 1 spiro atoms. The molecule has 21 heavy (non-hydrogen) atoms. The van der Waals surface area contributed by atoms with Crippen LogP contribution in [0.3, 0.4) is 0 Å². The van der Waals surface area contributed by atoms with Crippen LogP contribution in [-0.4, -0.2) is 32.2 Å². The van der Waals surface area contributed by atoms with Crippen molar-refractivity contribution in [1.29, 1.82) is 0 Å². The third kappa shape index (κ3) is 3.39. The molecule has 1 aromatic rings. The lowest BCUT2D eigenvalue weighted by atomic mass is 9.89. The molecule has 116 valence electrons. The molecule has 1 aromatic carbocycles. The molecular formula is C17H25NO3. The van der Waals surface area contributed by atoms with E-state index in [1.165, 1.54) is 5.56 Å². The molecule has 1 saturated carbocycles. The fraction of sp³-hybridized carbons (Fsp3) is 0.647. The highest BCUT2D eigenvalue weighted by Crippen LogP contribution is 2.36. The van der Waals surface area contributed by atoms with Crippen molar-refractivity contribution in [3.05, 3.63) is 29.8 Å². The SMILES string of the molecule is COc1cccc(C(C)NC2CCC3(CC2)OCCO3)c1. The Labute approximate surface area is 126 Å². The summed E-state index contributed by atoms with van der Waals surface area (Å²) in [6.07, 6.45) is 4.20. The largest absolute Gasteiger partial charge is 0.497 e. The topological polar surface area (TPSA) is 39.7 Å². The van der Waals surface area contributed by atoms with Gasteiger partial charge in [-0.1, -0.05) is 12.1 Å². The summed E-state index contributed by atoms with van der Waals surface area (Å²) in [6, 6.07) is 9.13. The Morgan fingerprint density at radius 3 is 2.62 bits per heavy atom. The van der Waals surface area contributed by atoms with E-state index >= 15 is 0 Å². The molecule has 1 saturated heterocycles. The van der Waals surface area contributed by atoms with Crippen LogP contribution in [0.15, 0.2) is 24.3 Å². The molecule has 2 aliphatic rings. The van der Waals surface area contributed by atoms with E-state index in [9.17, 15) is 0 Å². The van der Waals surface area contributed by atoms with Gasteiger partial charge in [0.15, 0.2) is 5.79 Å². The van der Waals surface area contributed by atoms with Crippen LogP contribution in [0.1, 0.15) is 44.2 Å². The highest BCUT2D eigenvalue weighted by Gasteiger charge is 2.40. The van der Waals surface area contributed by atoms with Crippen LogP contribution >= 0.6 is 0 Å². The molecule has 0 bridgehead atoms. The quantitative estimate of drug-likeness (QED) is 0.925. The lowest BCUT2D eigenvalue weighted by Gasteiger charge is -2.36. The van der Waals surface area contributed by atoms with Gasteiger partial charge in [-0.2, -0.15) is 0 Å². The first-order valence-corrected chi connectivity index (χ1v) is 7.89. The second-order valence-electron chi connectivity index (χ2n) is 6.05. The zero-order valence-corrected chi connectivity index (χ0v) is 12.9.